The highest BCUT2D eigenvalue weighted by Gasteiger charge is 2.24. The second kappa shape index (κ2) is 3.62. The highest BCUT2D eigenvalue weighted by molar-refractivity contribution is 6.52. The smallest absolute Gasteiger partial charge is 0.293 e. The Balaban J connectivity index is 2.24. The van der Waals surface area contributed by atoms with Gasteiger partial charge in [0.05, 0.1) is 0 Å². The predicted molar refractivity (Wildman–Crippen MR) is 50.1 cm³/mol. The third-order valence-corrected chi connectivity index (χ3v) is 2.07. The Bertz CT molecular complexity index is 111. The standard InChI is InChI=1S/C9H19BO/c1-9(2,3)11-10-7-5-4-6-8-10/h4-8H2,1-3H3. The van der Waals surface area contributed by atoms with E-state index in [0.717, 1.165) is 0 Å². The molecule has 11 heavy (non-hydrogen) atoms. The molecule has 0 aromatic rings. The van der Waals surface area contributed by atoms with Crippen LogP contribution >= 0.6 is 0 Å². The van der Waals surface area contributed by atoms with Crippen molar-refractivity contribution in [1.29, 1.82) is 0 Å². The van der Waals surface area contributed by atoms with E-state index < -0.39 is 0 Å². The lowest BCUT2D eigenvalue weighted by molar-refractivity contribution is 0.125. The molecule has 1 heterocycles. The van der Waals surface area contributed by atoms with Crippen LogP contribution in [0, 0.1) is 0 Å². The molecule has 0 N–H and O–H groups in total. The molecule has 2 heteroatoms. The van der Waals surface area contributed by atoms with Crippen LogP contribution in [0.25, 0.3) is 0 Å². The van der Waals surface area contributed by atoms with Gasteiger partial charge in [-0.2, -0.15) is 0 Å². The molecule has 0 aliphatic carbocycles. The van der Waals surface area contributed by atoms with Crippen LogP contribution < -0.4 is 0 Å². The van der Waals surface area contributed by atoms with Gasteiger partial charge in [0.15, 0.2) is 0 Å². The molecule has 0 radical (unpaired) electrons. The second-order valence-electron chi connectivity index (χ2n) is 4.49. The van der Waals surface area contributed by atoms with Crippen molar-refractivity contribution >= 4 is 6.92 Å². The van der Waals surface area contributed by atoms with Crippen molar-refractivity contribution in [2.24, 2.45) is 0 Å². The summed E-state index contributed by atoms with van der Waals surface area (Å²) in [6, 6.07) is 0. The van der Waals surface area contributed by atoms with Crippen LogP contribution in [0.1, 0.15) is 40.0 Å². The molecule has 0 amide bonds. The van der Waals surface area contributed by atoms with Gasteiger partial charge in [0.1, 0.15) is 0 Å². The number of hydrogen-bond donors (Lipinski definition) is 0. The lowest BCUT2D eigenvalue weighted by atomic mass is 9.55. The zero-order valence-corrected chi connectivity index (χ0v) is 8.02. The van der Waals surface area contributed by atoms with Crippen LogP contribution in [-0.2, 0) is 4.65 Å². The zero-order valence-electron chi connectivity index (χ0n) is 8.02. The van der Waals surface area contributed by atoms with E-state index in [2.05, 4.69) is 20.8 Å². The van der Waals surface area contributed by atoms with E-state index >= 15 is 0 Å². The van der Waals surface area contributed by atoms with Gasteiger partial charge in [0.2, 0.25) is 0 Å². The Kier molecular flexibility index (Phi) is 3.00. The van der Waals surface area contributed by atoms with Gasteiger partial charge in [0.25, 0.3) is 6.92 Å². The summed E-state index contributed by atoms with van der Waals surface area (Å²) >= 11 is 0. The van der Waals surface area contributed by atoms with Gasteiger partial charge < -0.3 is 4.65 Å². The van der Waals surface area contributed by atoms with Gasteiger partial charge >= 0.3 is 0 Å². The van der Waals surface area contributed by atoms with E-state index in [1.54, 1.807) is 0 Å². The minimum Gasteiger partial charge on any atom is -0.432 e. The predicted octanol–water partition coefficient (Wildman–Crippen LogP) is 2.98. The molecule has 1 rings (SSSR count). The van der Waals surface area contributed by atoms with Crippen LogP contribution in [-0.4, -0.2) is 12.5 Å². The SMILES string of the molecule is CC(C)(C)OB1CCCCC1. The molecule has 0 aromatic carbocycles. The van der Waals surface area contributed by atoms with Crippen molar-refractivity contribution in [1.82, 2.24) is 0 Å². The van der Waals surface area contributed by atoms with E-state index in [1.165, 1.54) is 31.9 Å². The molecule has 1 aliphatic rings. The zero-order chi connectivity index (χ0) is 8.32. The summed E-state index contributed by atoms with van der Waals surface area (Å²) < 4.78 is 5.88. The van der Waals surface area contributed by atoms with Gasteiger partial charge in [-0.25, -0.2) is 0 Å². The Morgan fingerprint density at radius 3 is 2.00 bits per heavy atom. The number of hydrogen-bond acceptors (Lipinski definition) is 1. The first-order chi connectivity index (χ1) is 5.08. The molecule has 0 saturated carbocycles. The second-order valence-corrected chi connectivity index (χ2v) is 4.49. The molecule has 1 saturated heterocycles. The number of rotatable bonds is 1. The summed E-state index contributed by atoms with van der Waals surface area (Å²) in [5.41, 5.74) is 0.0575. The molecule has 0 bridgehead atoms. The molecule has 0 aromatic heterocycles. The molecular formula is C9H19BO. The Hall–Kier alpha value is 0.0249. The normalized spacial score (nSPS) is 20.5. The maximum absolute atomic E-state index is 5.88. The summed E-state index contributed by atoms with van der Waals surface area (Å²) in [7, 11) is 0. The van der Waals surface area contributed by atoms with Gasteiger partial charge in [-0.1, -0.05) is 19.3 Å². The lowest BCUT2D eigenvalue weighted by Crippen LogP contribution is -2.31. The van der Waals surface area contributed by atoms with Crippen molar-refractivity contribution in [3.8, 4) is 0 Å². The fourth-order valence-electron chi connectivity index (χ4n) is 1.68. The summed E-state index contributed by atoms with van der Waals surface area (Å²) in [6.07, 6.45) is 6.68. The van der Waals surface area contributed by atoms with E-state index in [9.17, 15) is 0 Å². The molecule has 0 atom stereocenters. The van der Waals surface area contributed by atoms with E-state index in [4.69, 9.17) is 4.65 Å². The molecule has 64 valence electrons. The largest absolute Gasteiger partial charge is 0.432 e. The minimum atomic E-state index is 0.0575. The topological polar surface area (TPSA) is 9.23 Å². The van der Waals surface area contributed by atoms with Gasteiger partial charge in [0, 0.05) is 5.60 Å². The molecule has 0 unspecified atom stereocenters. The van der Waals surface area contributed by atoms with Crippen molar-refractivity contribution in [3.63, 3.8) is 0 Å². The van der Waals surface area contributed by atoms with Crippen LogP contribution in [0.4, 0.5) is 0 Å². The summed E-state index contributed by atoms with van der Waals surface area (Å²) in [4.78, 5) is 0. The van der Waals surface area contributed by atoms with Crippen molar-refractivity contribution < 1.29 is 4.65 Å². The van der Waals surface area contributed by atoms with Crippen molar-refractivity contribution in [2.45, 2.75) is 58.3 Å². The van der Waals surface area contributed by atoms with E-state index in [0.29, 0.717) is 6.92 Å². The van der Waals surface area contributed by atoms with Crippen molar-refractivity contribution in [3.05, 3.63) is 0 Å². The third-order valence-electron chi connectivity index (χ3n) is 2.07. The van der Waals surface area contributed by atoms with Gasteiger partial charge in [-0.3, -0.25) is 0 Å². The van der Waals surface area contributed by atoms with Crippen molar-refractivity contribution in [2.75, 3.05) is 0 Å². The fourth-order valence-corrected chi connectivity index (χ4v) is 1.68. The highest BCUT2D eigenvalue weighted by Crippen LogP contribution is 2.23. The summed E-state index contributed by atoms with van der Waals surface area (Å²) in [6.45, 7) is 6.97. The summed E-state index contributed by atoms with van der Waals surface area (Å²) in [5, 5.41) is 0. The molecule has 1 nitrogen and oxygen atoms in total. The first-order valence-corrected chi connectivity index (χ1v) is 4.76. The fraction of sp³-hybridized carbons (Fsp3) is 1.00. The molecule has 1 aliphatic heterocycles. The molecular weight excluding hydrogens is 135 g/mol. The molecule has 1 fully saturated rings. The van der Waals surface area contributed by atoms with Crippen LogP contribution in [0.3, 0.4) is 0 Å². The van der Waals surface area contributed by atoms with E-state index in [-0.39, 0.29) is 5.60 Å². The quantitative estimate of drug-likeness (QED) is 0.527. The highest BCUT2D eigenvalue weighted by atomic mass is 16.5. The minimum absolute atomic E-state index is 0.0575. The maximum atomic E-state index is 5.88. The Morgan fingerprint density at radius 2 is 1.55 bits per heavy atom. The van der Waals surface area contributed by atoms with Crippen LogP contribution in [0.15, 0.2) is 0 Å². The first kappa shape index (κ1) is 9.12. The van der Waals surface area contributed by atoms with Gasteiger partial charge in [-0.05, 0) is 33.4 Å². The summed E-state index contributed by atoms with van der Waals surface area (Å²) in [5.74, 6) is 0. The van der Waals surface area contributed by atoms with Crippen LogP contribution in [0.5, 0.6) is 0 Å². The average molecular weight is 154 g/mol. The maximum Gasteiger partial charge on any atom is 0.293 e. The lowest BCUT2D eigenvalue weighted by Gasteiger charge is -2.28. The Morgan fingerprint density at radius 1 is 1.00 bits per heavy atom. The van der Waals surface area contributed by atoms with Gasteiger partial charge in [-0.15, -0.1) is 0 Å². The Labute approximate surface area is 70.6 Å². The van der Waals surface area contributed by atoms with Crippen LogP contribution in [0.2, 0.25) is 12.6 Å². The average Bonchev–Trinajstić information content (AvgIpc) is 1.85. The molecule has 0 spiro atoms. The van der Waals surface area contributed by atoms with E-state index in [1.807, 2.05) is 0 Å². The third kappa shape index (κ3) is 3.81. The monoisotopic (exact) mass is 154 g/mol. The first-order valence-electron chi connectivity index (χ1n) is 4.76.